The van der Waals surface area contributed by atoms with E-state index in [1.165, 1.54) is 32.2 Å². The van der Waals surface area contributed by atoms with Gasteiger partial charge in [0.1, 0.15) is 12.6 Å². The summed E-state index contributed by atoms with van der Waals surface area (Å²) in [5.74, 6) is 1.18. The number of rotatable bonds is 22. The lowest BCUT2D eigenvalue weighted by molar-refractivity contribution is -0.194. The molecule has 8 aromatic rings. The van der Waals surface area contributed by atoms with E-state index in [2.05, 4.69) is 126 Å². The highest BCUT2D eigenvalue weighted by molar-refractivity contribution is 5.99. The van der Waals surface area contributed by atoms with Crippen LogP contribution in [0.25, 0.3) is 0 Å². The number of carboxylic acid groups (broad SMARTS) is 2. The van der Waals surface area contributed by atoms with Crippen molar-refractivity contribution in [2.24, 2.45) is 11.8 Å². The van der Waals surface area contributed by atoms with Gasteiger partial charge in [-0.3, -0.25) is 57.8 Å². The second kappa shape index (κ2) is 59.3. The van der Waals surface area contributed by atoms with Gasteiger partial charge < -0.3 is 63.5 Å². The second-order valence-corrected chi connectivity index (χ2v) is 39.5. The van der Waals surface area contributed by atoms with Crippen LogP contribution < -0.4 is 0 Å². The molecule has 2 N–H and O–H groups in total. The summed E-state index contributed by atoms with van der Waals surface area (Å²) >= 11 is 0. The normalized spacial score (nSPS) is 15.5. The fraction of sp³-hybridized carbons (Fsp3) is 0.504. The SMILES string of the molecule is CC(C)c1cccc(C(=O)N(C)CC(=O)N2CCOCC2)c1.CC(C)c1cccc(C(=O)N2CCC(C(=O)O)CC2)c1.CC(C)c1cccc(C(=O)N2CCN(C)C(=O)C2)c1.CC(C)c1cccc(C(=O)N2CCOCC2)c1.CC(C)c1cccc(C(N2CCOCC2)C(F)(F)F)c1.CC(C)c1cccc(CC(=O)O)c1.CCOC(=O)C1CCN(C(=O)c2cccc(C(C)C)c2)CC1.Cc1cccc(C(C)C)n1. The molecule has 778 valence electrons. The summed E-state index contributed by atoms with van der Waals surface area (Å²) in [6.45, 7) is 48.0. The van der Waals surface area contributed by atoms with E-state index in [0.29, 0.717) is 214 Å². The van der Waals surface area contributed by atoms with Crippen LogP contribution in [0, 0.1) is 18.8 Å². The summed E-state index contributed by atoms with van der Waals surface area (Å²) < 4.78 is 61.0. The van der Waals surface area contributed by atoms with Crippen molar-refractivity contribution in [2.75, 3.05) is 152 Å². The number of piperidine rings is 2. The maximum Gasteiger partial charge on any atom is 0.408 e. The van der Waals surface area contributed by atoms with Crippen LogP contribution in [0.2, 0.25) is 0 Å². The molecule has 25 nitrogen and oxygen atoms in total. The van der Waals surface area contributed by atoms with Crippen LogP contribution >= 0.6 is 0 Å². The summed E-state index contributed by atoms with van der Waals surface area (Å²) in [5, 5.41) is 17.6. The van der Waals surface area contributed by atoms with Gasteiger partial charge in [0.25, 0.3) is 29.5 Å². The Morgan fingerprint density at radius 3 is 1.13 bits per heavy atom. The van der Waals surface area contributed by atoms with Gasteiger partial charge in [-0.25, -0.2) is 0 Å². The molecule has 0 aliphatic carbocycles. The third kappa shape index (κ3) is 38.9. The van der Waals surface area contributed by atoms with E-state index in [0.717, 1.165) is 44.6 Å². The van der Waals surface area contributed by atoms with Gasteiger partial charge in [-0.15, -0.1) is 0 Å². The lowest BCUT2D eigenvalue weighted by Crippen LogP contribution is -2.50. The molecule has 7 amide bonds. The van der Waals surface area contributed by atoms with Gasteiger partial charge in [0.05, 0.1) is 71.0 Å². The van der Waals surface area contributed by atoms with E-state index in [4.69, 9.17) is 29.2 Å². The van der Waals surface area contributed by atoms with E-state index in [-0.39, 0.29) is 84.6 Å². The number of pyridine rings is 1. The fourth-order valence-electron chi connectivity index (χ4n) is 16.6. The number of hydrogen-bond donors (Lipinski definition) is 2. The number of aliphatic carboxylic acids is 2. The maximum atomic E-state index is 13.4. The van der Waals surface area contributed by atoms with Gasteiger partial charge in [0.15, 0.2) is 0 Å². The topological polar surface area (TPSA) is 287 Å². The maximum absolute atomic E-state index is 13.4. The minimum atomic E-state index is -4.27. The zero-order valence-electron chi connectivity index (χ0n) is 87.9. The van der Waals surface area contributed by atoms with E-state index in [1.54, 1.807) is 58.0 Å². The first kappa shape index (κ1) is 118. The highest BCUT2D eigenvalue weighted by atomic mass is 19.4. The van der Waals surface area contributed by atoms with Crippen molar-refractivity contribution in [3.63, 3.8) is 0 Å². The molecule has 6 saturated heterocycles. The average Bonchev–Trinajstić information content (AvgIpc) is 0.798. The molecule has 143 heavy (non-hydrogen) atoms. The Balaban J connectivity index is 0.000000224. The Kier molecular flexibility index (Phi) is 48.9. The smallest absolute Gasteiger partial charge is 0.408 e. The number of morpholine rings is 3. The summed E-state index contributed by atoms with van der Waals surface area (Å²) in [4.78, 5) is 137. The molecular formula is C115H156F3N9O16. The number of carboxylic acids is 2. The fourth-order valence-corrected chi connectivity index (χ4v) is 16.6. The molecule has 7 heterocycles. The van der Waals surface area contributed by atoms with Gasteiger partial charge in [0.2, 0.25) is 11.8 Å². The minimum absolute atomic E-state index is 0.000357. The molecular weight excluding hydrogens is 1820 g/mol. The number of likely N-dealkylation sites (tertiary alicyclic amines) is 2. The van der Waals surface area contributed by atoms with Gasteiger partial charge in [-0.1, -0.05) is 226 Å². The van der Waals surface area contributed by atoms with E-state index in [1.807, 2.05) is 177 Å². The number of esters is 1. The van der Waals surface area contributed by atoms with Crippen molar-refractivity contribution in [1.82, 2.24) is 44.2 Å². The summed E-state index contributed by atoms with van der Waals surface area (Å²) in [7, 11) is 3.44. The number of aromatic nitrogens is 1. The Labute approximate surface area is 846 Å². The van der Waals surface area contributed by atoms with Crippen molar-refractivity contribution < 1.29 is 90.3 Å². The number of nitrogens with zero attached hydrogens (tertiary/aromatic N) is 9. The lowest BCUT2D eigenvalue weighted by atomic mass is 9.95. The molecule has 6 aliphatic rings. The predicted octanol–water partition coefficient (Wildman–Crippen LogP) is 20.4. The van der Waals surface area contributed by atoms with Crippen LogP contribution in [0.3, 0.4) is 0 Å². The van der Waals surface area contributed by atoms with E-state index >= 15 is 0 Å². The summed E-state index contributed by atoms with van der Waals surface area (Å²) in [6, 6.07) is 57.9. The number of alkyl halides is 3. The zero-order chi connectivity index (χ0) is 105. The van der Waals surface area contributed by atoms with Crippen molar-refractivity contribution in [3.05, 3.63) is 277 Å². The molecule has 1 atom stereocenters. The minimum Gasteiger partial charge on any atom is -0.481 e. The molecule has 6 fully saturated rings. The number of piperazine rings is 1. The molecule has 0 radical (unpaired) electrons. The van der Waals surface area contributed by atoms with E-state index < -0.39 is 24.2 Å². The number of likely N-dealkylation sites (N-methyl/N-ethyl adjacent to an activating group) is 2. The second-order valence-electron chi connectivity index (χ2n) is 39.5. The third-order valence-corrected chi connectivity index (χ3v) is 25.7. The molecule has 7 aromatic carbocycles. The zero-order valence-corrected chi connectivity index (χ0v) is 87.9. The van der Waals surface area contributed by atoms with Gasteiger partial charge in [0, 0.05) is 132 Å². The predicted molar refractivity (Wildman–Crippen MR) is 555 cm³/mol. The quantitative estimate of drug-likeness (QED) is 0.0596. The van der Waals surface area contributed by atoms with Crippen LogP contribution in [0.15, 0.2) is 188 Å². The van der Waals surface area contributed by atoms with Crippen molar-refractivity contribution in [2.45, 2.75) is 216 Å². The molecule has 1 aromatic heterocycles. The first-order valence-electron chi connectivity index (χ1n) is 50.6. The first-order chi connectivity index (χ1) is 67.8. The number of carbonyl (C=O) groups excluding carboxylic acids is 8. The summed E-state index contributed by atoms with van der Waals surface area (Å²) in [6.07, 6.45) is -1.69. The van der Waals surface area contributed by atoms with Gasteiger partial charge >= 0.3 is 24.1 Å². The Hall–Kier alpha value is -12.0. The summed E-state index contributed by atoms with van der Waals surface area (Å²) in [5.41, 5.74) is 14.9. The van der Waals surface area contributed by atoms with Crippen LogP contribution in [0.1, 0.15) is 310 Å². The monoisotopic (exact) mass is 1980 g/mol. The van der Waals surface area contributed by atoms with Crippen LogP contribution in [-0.2, 0) is 49.3 Å². The van der Waals surface area contributed by atoms with Gasteiger partial charge in [-0.2, -0.15) is 13.2 Å². The molecule has 6 aliphatic heterocycles. The lowest BCUT2D eigenvalue weighted by Gasteiger charge is -2.36. The Morgan fingerprint density at radius 2 is 0.755 bits per heavy atom. The molecule has 0 saturated carbocycles. The Morgan fingerprint density at radius 1 is 0.413 bits per heavy atom. The number of ether oxygens (including phenoxy) is 4. The number of aryl methyl sites for hydroxylation is 1. The molecule has 14 rings (SSSR count). The van der Waals surface area contributed by atoms with Gasteiger partial charge in [-0.05, 0) is 210 Å². The van der Waals surface area contributed by atoms with Crippen molar-refractivity contribution >= 4 is 59.3 Å². The molecule has 28 heteroatoms. The highest BCUT2D eigenvalue weighted by Crippen LogP contribution is 2.39. The van der Waals surface area contributed by atoms with Crippen molar-refractivity contribution in [3.8, 4) is 0 Å². The van der Waals surface area contributed by atoms with Crippen LogP contribution in [0.4, 0.5) is 13.2 Å². The number of benzene rings is 7. The van der Waals surface area contributed by atoms with E-state index in [9.17, 15) is 61.1 Å². The van der Waals surface area contributed by atoms with Crippen LogP contribution in [0.5, 0.6) is 0 Å². The number of hydrogen-bond acceptors (Lipinski definition) is 16. The van der Waals surface area contributed by atoms with Crippen molar-refractivity contribution in [1.29, 1.82) is 0 Å². The van der Waals surface area contributed by atoms with Crippen LogP contribution in [-0.4, -0.2) is 272 Å². The number of carbonyl (C=O) groups is 10. The highest BCUT2D eigenvalue weighted by Gasteiger charge is 2.45. The number of amides is 7. The standard InChI is InChI=1S/C18H25NO3.C17H24N2O3.C16H21NO3.C15H20F3NO.C15H20N2O2.C14H19NO2.C11H14O2.C9H13N/c1-4-22-18(21)14-8-10-19(11-9-14)17(20)16-7-5-6-15(12-16)13(2)3;1-13(2)14-5-4-6-15(11-14)17(21)18(3)12-16(20)19-7-9-22-10-8-19;1-11(2)13-4-3-5-14(10-13)15(18)17-8-6-12(7-9-17)16(19)20;1-11(2)12-4-3-5-13(10-12)14(15(16,17)18)19-6-8-20-9-7-19;1-11(2)12-5-4-6-13(9-12)15(19)17-8-7-16(3)14(18)10-17;1-11(2)12-4-3-5-13(10-12)14(16)15-6-8-17-9-7-15;1-8(2)10-5-3-4-9(6-10)7-11(12)13;1-7(2)9-6-4-5-8(3)10-9/h5-7,12-14H,4,8-11H2,1-3H3;4-6,11,13H,7-10,12H2,1-3H3;3-5,10-12H,6-9H2,1-2H3,(H,19,20);3-5,10-11,14H,6-9H2,1-2H3;4-6,9,11H,7-8,10H2,1-3H3;3-5,10-11H,6-9H2,1-2H3;3-6,8H,7H2,1-2H3,(H,12,13);4-7H,1-3H3. The first-order valence-corrected chi connectivity index (χ1v) is 50.6. The molecule has 0 spiro atoms. The third-order valence-electron chi connectivity index (χ3n) is 25.7. The Bertz CT molecular complexity index is 5370. The average molecular weight is 1980 g/mol. The largest absolute Gasteiger partial charge is 0.481 e. The molecule has 0 bridgehead atoms. The molecule has 1 unspecified atom stereocenters. The number of halogens is 3.